The van der Waals surface area contributed by atoms with E-state index in [4.69, 9.17) is 4.74 Å². The molecule has 0 aliphatic carbocycles. The Balaban J connectivity index is 2.02. The number of anilines is 1. The first-order chi connectivity index (χ1) is 11.0. The van der Waals surface area contributed by atoms with Gasteiger partial charge in [-0.2, -0.15) is 0 Å². The Morgan fingerprint density at radius 1 is 1.00 bits per heavy atom. The van der Waals surface area contributed by atoms with Crippen LogP contribution < -0.4 is 5.32 Å². The van der Waals surface area contributed by atoms with Gasteiger partial charge in [-0.15, -0.1) is 0 Å². The first-order valence-electron chi connectivity index (χ1n) is 7.13. The zero-order valence-corrected chi connectivity index (χ0v) is 12.9. The molecule has 0 bridgehead atoms. The van der Waals surface area contributed by atoms with Gasteiger partial charge in [0.15, 0.2) is 6.10 Å². The zero-order chi connectivity index (χ0) is 16.8. The predicted molar refractivity (Wildman–Crippen MR) is 86.5 cm³/mol. The smallest absolute Gasteiger partial charge is 0.338 e. The summed E-state index contributed by atoms with van der Waals surface area (Å²) in [7, 11) is 0. The summed E-state index contributed by atoms with van der Waals surface area (Å²) in [5.41, 5.74) is 2.43. The number of esters is 1. The third-order valence-electron chi connectivity index (χ3n) is 3.34. The Hall–Kier alpha value is -2.95. The molecule has 23 heavy (non-hydrogen) atoms. The minimum atomic E-state index is -0.877. The van der Waals surface area contributed by atoms with Crippen molar-refractivity contribution in [3.05, 3.63) is 65.2 Å². The fraction of sp³-hybridized carbons (Fsp3) is 0.167. The van der Waals surface area contributed by atoms with Crippen molar-refractivity contribution in [2.45, 2.75) is 20.0 Å². The van der Waals surface area contributed by atoms with Gasteiger partial charge in [-0.1, -0.05) is 29.8 Å². The minimum absolute atomic E-state index is 0.252. The van der Waals surface area contributed by atoms with E-state index in [1.54, 1.807) is 31.2 Å². The molecule has 5 heteroatoms. The lowest BCUT2D eigenvalue weighted by Gasteiger charge is -2.12. The van der Waals surface area contributed by atoms with Crippen LogP contribution >= 0.6 is 0 Å². The van der Waals surface area contributed by atoms with Gasteiger partial charge < -0.3 is 10.1 Å². The van der Waals surface area contributed by atoms with E-state index in [0.717, 1.165) is 5.56 Å². The number of Topliss-reactive ketones (excluding diaryl/α,β-unsaturated/α-hetero) is 1. The maximum absolute atomic E-state index is 12.2. The van der Waals surface area contributed by atoms with Crippen LogP contribution in [-0.4, -0.2) is 24.3 Å². The second-order valence-corrected chi connectivity index (χ2v) is 5.12. The largest absolute Gasteiger partial charge is 0.451 e. The molecule has 0 saturated carbocycles. The molecule has 0 aliphatic rings. The van der Waals surface area contributed by atoms with Crippen LogP contribution in [0.1, 0.15) is 33.2 Å². The van der Waals surface area contributed by atoms with Crippen LogP contribution in [0.2, 0.25) is 0 Å². The quantitative estimate of drug-likeness (QED) is 0.506. The highest BCUT2D eigenvalue weighted by Gasteiger charge is 2.20. The predicted octanol–water partition coefficient (Wildman–Crippen LogP) is 2.99. The highest BCUT2D eigenvalue weighted by molar-refractivity contribution is 6.01. The summed E-state index contributed by atoms with van der Waals surface area (Å²) in [6, 6.07) is 13.3. The zero-order valence-electron chi connectivity index (χ0n) is 12.9. The third kappa shape index (κ3) is 4.26. The average molecular weight is 311 g/mol. The molecule has 2 aromatic carbocycles. The minimum Gasteiger partial charge on any atom is -0.451 e. The summed E-state index contributed by atoms with van der Waals surface area (Å²) in [6.45, 7) is 3.48. The molecule has 2 rings (SSSR count). The molecule has 1 N–H and O–H groups in total. The van der Waals surface area contributed by atoms with Crippen molar-refractivity contribution < 1.29 is 19.1 Å². The summed E-state index contributed by atoms with van der Waals surface area (Å²) < 4.78 is 5.20. The summed E-state index contributed by atoms with van der Waals surface area (Å²) in [4.78, 5) is 34.6. The molecule has 1 amide bonds. The number of rotatable bonds is 6. The van der Waals surface area contributed by atoms with Gasteiger partial charge in [-0.05, 0) is 38.1 Å². The molecule has 0 saturated heterocycles. The van der Waals surface area contributed by atoms with Crippen molar-refractivity contribution in [2.75, 3.05) is 5.32 Å². The molecule has 0 spiro atoms. The van der Waals surface area contributed by atoms with E-state index in [-0.39, 0.29) is 5.78 Å². The maximum Gasteiger partial charge on any atom is 0.338 e. The van der Waals surface area contributed by atoms with Crippen LogP contribution in [0.25, 0.3) is 0 Å². The van der Waals surface area contributed by atoms with E-state index in [0.29, 0.717) is 23.2 Å². The van der Waals surface area contributed by atoms with Crippen LogP contribution in [0, 0.1) is 6.92 Å². The molecular formula is C18H17NO4. The number of ketones is 1. The van der Waals surface area contributed by atoms with E-state index in [1.165, 1.54) is 12.1 Å². The molecule has 2 aromatic rings. The molecule has 118 valence electrons. The third-order valence-corrected chi connectivity index (χ3v) is 3.34. The SMILES string of the molecule is Cc1ccc(C(=O)C(C)OC(=O)c2ccc(NC=O)cc2)cc1. The Morgan fingerprint density at radius 2 is 1.57 bits per heavy atom. The summed E-state index contributed by atoms with van der Waals surface area (Å²) >= 11 is 0. The van der Waals surface area contributed by atoms with Crippen LogP contribution in [0.5, 0.6) is 0 Å². The van der Waals surface area contributed by atoms with E-state index >= 15 is 0 Å². The van der Waals surface area contributed by atoms with Crippen LogP contribution in [0.3, 0.4) is 0 Å². The number of aryl methyl sites for hydroxylation is 1. The summed E-state index contributed by atoms with van der Waals surface area (Å²) in [6.07, 6.45) is -0.326. The lowest BCUT2D eigenvalue weighted by Crippen LogP contribution is -2.24. The Kier molecular flexibility index (Phi) is 5.25. The fourth-order valence-corrected chi connectivity index (χ4v) is 2.01. The van der Waals surface area contributed by atoms with Crippen molar-refractivity contribution in [3.63, 3.8) is 0 Å². The van der Waals surface area contributed by atoms with E-state index < -0.39 is 12.1 Å². The molecule has 0 radical (unpaired) electrons. The van der Waals surface area contributed by atoms with Crippen molar-refractivity contribution in [3.8, 4) is 0 Å². The molecular weight excluding hydrogens is 294 g/mol. The lowest BCUT2D eigenvalue weighted by molar-refractivity contribution is -0.105. The lowest BCUT2D eigenvalue weighted by atomic mass is 10.1. The molecule has 0 aliphatic heterocycles. The van der Waals surface area contributed by atoms with Gasteiger partial charge in [-0.25, -0.2) is 4.79 Å². The van der Waals surface area contributed by atoms with E-state index in [9.17, 15) is 14.4 Å². The van der Waals surface area contributed by atoms with Crippen molar-refractivity contribution >= 4 is 23.9 Å². The molecule has 5 nitrogen and oxygen atoms in total. The monoisotopic (exact) mass is 311 g/mol. The van der Waals surface area contributed by atoms with Crippen molar-refractivity contribution in [1.82, 2.24) is 0 Å². The van der Waals surface area contributed by atoms with Gasteiger partial charge in [0, 0.05) is 11.3 Å². The maximum atomic E-state index is 12.2. The second kappa shape index (κ2) is 7.35. The number of amides is 1. The summed E-state index contributed by atoms with van der Waals surface area (Å²) in [5, 5.41) is 2.47. The molecule has 1 atom stereocenters. The van der Waals surface area contributed by atoms with Gasteiger partial charge in [0.05, 0.1) is 5.56 Å². The van der Waals surface area contributed by atoms with E-state index in [2.05, 4.69) is 5.32 Å². The van der Waals surface area contributed by atoms with Crippen molar-refractivity contribution in [2.24, 2.45) is 0 Å². The molecule has 1 unspecified atom stereocenters. The second-order valence-electron chi connectivity index (χ2n) is 5.12. The number of carbonyl (C=O) groups excluding carboxylic acids is 3. The summed E-state index contributed by atoms with van der Waals surface area (Å²) in [5.74, 6) is -0.840. The normalized spacial score (nSPS) is 11.4. The van der Waals surface area contributed by atoms with Crippen LogP contribution in [-0.2, 0) is 9.53 Å². The first-order valence-corrected chi connectivity index (χ1v) is 7.13. The molecule has 0 aromatic heterocycles. The Morgan fingerprint density at radius 3 is 2.13 bits per heavy atom. The molecule has 0 fully saturated rings. The standard InChI is InChI=1S/C18H17NO4/c1-12-3-5-14(6-4-12)17(21)13(2)23-18(22)15-7-9-16(10-8-15)19-11-20/h3-11,13H,1-2H3,(H,19,20). The Labute approximate surface area is 134 Å². The number of carbonyl (C=O) groups is 3. The van der Waals surface area contributed by atoms with Gasteiger partial charge in [0.25, 0.3) is 0 Å². The van der Waals surface area contributed by atoms with Gasteiger partial charge in [-0.3, -0.25) is 9.59 Å². The number of nitrogens with one attached hydrogen (secondary N) is 1. The van der Waals surface area contributed by atoms with Gasteiger partial charge in [0.1, 0.15) is 0 Å². The van der Waals surface area contributed by atoms with Gasteiger partial charge >= 0.3 is 5.97 Å². The molecule has 0 heterocycles. The van der Waals surface area contributed by atoms with Crippen molar-refractivity contribution in [1.29, 1.82) is 0 Å². The number of ether oxygens (including phenoxy) is 1. The Bertz CT molecular complexity index is 705. The van der Waals surface area contributed by atoms with E-state index in [1.807, 2.05) is 19.1 Å². The topological polar surface area (TPSA) is 72.5 Å². The average Bonchev–Trinajstić information content (AvgIpc) is 2.55. The number of benzene rings is 2. The first kappa shape index (κ1) is 16.4. The fourth-order valence-electron chi connectivity index (χ4n) is 2.01. The highest BCUT2D eigenvalue weighted by Crippen LogP contribution is 2.13. The number of hydrogen-bond acceptors (Lipinski definition) is 4. The van der Waals surface area contributed by atoms with Crippen LogP contribution in [0.15, 0.2) is 48.5 Å². The number of hydrogen-bond donors (Lipinski definition) is 1. The highest BCUT2D eigenvalue weighted by atomic mass is 16.5. The van der Waals surface area contributed by atoms with Crippen LogP contribution in [0.4, 0.5) is 5.69 Å². The van der Waals surface area contributed by atoms with Gasteiger partial charge in [0.2, 0.25) is 12.2 Å².